The molecular formula is C19H15ClN4O3S. The van der Waals surface area contributed by atoms with Crippen molar-refractivity contribution < 1.29 is 13.9 Å². The van der Waals surface area contributed by atoms with Crippen molar-refractivity contribution in [3.8, 4) is 11.8 Å². The van der Waals surface area contributed by atoms with E-state index >= 15 is 0 Å². The maximum Gasteiger partial charge on any atom is 0.277 e. The van der Waals surface area contributed by atoms with E-state index < -0.39 is 0 Å². The molecule has 1 N–H and O–H groups in total. The second-order valence-electron chi connectivity index (χ2n) is 5.65. The summed E-state index contributed by atoms with van der Waals surface area (Å²) < 4.78 is 11.1. The summed E-state index contributed by atoms with van der Waals surface area (Å²) in [7, 11) is 0. The number of aromatic nitrogens is 2. The van der Waals surface area contributed by atoms with Gasteiger partial charge < -0.3 is 14.5 Å². The minimum absolute atomic E-state index is 0.0680. The molecule has 7 nitrogen and oxygen atoms in total. The lowest BCUT2D eigenvalue weighted by molar-refractivity contribution is -0.113. The quantitative estimate of drug-likeness (QED) is 0.577. The van der Waals surface area contributed by atoms with E-state index in [-0.39, 0.29) is 23.5 Å². The number of aryl methyl sites for hydroxylation is 1. The zero-order valence-corrected chi connectivity index (χ0v) is 16.4. The van der Waals surface area contributed by atoms with Crippen LogP contribution in [0, 0.1) is 18.3 Å². The number of hydrogen-bond acceptors (Lipinski definition) is 7. The van der Waals surface area contributed by atoms with Crippen LogP contribution in [0.2, 0.25) is 5.02 Å². The van der Waals surface area contributed by atoms with Gasteiger partial charge in [0.05, 0.1) is 17.0 Å². The van der Waals surface area contributed by atoms with Gasteiger partial charge in [-0.2, -0.15) is 5.26 Å². The lowest BCUT2D eigenvalue weighted by atomic mass is 10.2. The van der Waals surface area contributed by atoms with E-state index in [9.17, 15) is 4.79 Å². The van der Waals surface area contributed by atoms with Crippen LogP contribution >= 0.6 is 23.4 Å². The smallest absolute Gasteiger partial charge is 0.277 e. The molecule has 0 aliphatic rings. The number of ether oxygens (including phenoxy) is 1. The van der Waals surface area contributed by atoms with E-state index in [1.165, 1.54) is 0 Å². The minimum atomic E-state index is -0.277. The van der Waals surface area contributed by atoms with Gasteiger partial charge in [-0.25, -0.2) is 0 Å². The number of anilines is 1. The Bertz CT molecular complexity index is 1030. The van der Waals surface area contributed by atoms with Crippen LogP contribution in [0.1, 0.15) is 17.0 Å². The number of amides is 1. The van der Waals surface area contributed by atoms with Crippen molar-refractivity contribution in [2.75, 3.05) is 11.1 Å². The van der Waals surface area contributed by atoms with Crippen molar-refractivity contribution in [2.45, 2.75) is 18.8 Å². The molecule has 1 aromatic heterocycles. The third kappa shape index (κ3) is 5.25. The highest BCUT2D eigenvalue weighted by Gasteiger charge is 2.12. The predicted octanol–water partition coefficient (Wildman–Crippen LogP) is 4.21. The second kappa shape index (κ2) is 9.26. The van der Waals surface area contributed by atoms with E-state index in [1.54, 1.807) is 42.5 Å². The first-order valence-electron chi connectivity index (χ1n) is 8.18. The highest BCUT2D eigenvalue weighted by molar-refractivity contribution is 7.99. The van der Waals surface area contributed by atoms with Crippen LogP contribution in [0.4, 0.5) is 5.69 Å². The Labute approximate surface area is 170 Å². The number of nitriles is 1. The number of benzene rings is 2. The van der Waals surface area contributed by atoms with Gasteiger partial charge in [0.15, 0.2) is 6.61 Å². The summed E-state index contributed by atoms with van der Waals surface area (Å²) in [5.74, 6) is 0.762. The third-order valence-electron chi connectivity index (χ3n) is 3.58. The summed E-state index contributed by atoms with van der Waals surface area (Å²) >= 11 is 7.02. The molecule has 0 unspecified atom stereocenters. The molecule has 28 heavy (non-hydrogen) atoms. The van der Waals surface area contributed by atoms with Gasteiger partial charge in [-0.3, -0.25) is 4.79 Å². The molecule has 0 aliphatic carbocycles. The molecule has 1 amide bonds. The summed E-state index contributed by atoms with van der Waals surface area (Å²) in [5, 5.41) is 20.4. The number of para-hydroxylation sites is 1. The molecule has 9 heteroatoms. The normalized spacial score (nSPS) is 10.3. The summed E-state index contributed by atoms with van der Waals surface area (Å²) in [5.41, 5.74) is 1.76. The van der Waals surface area contributed by atoms with Gasteiger partial charge in [-0.15, -0.1) is 10.2 Å². The standard InChI is InChI=1S/C19H15ClN4O3S/c1-12-8-14(20)6-7-16(12)26-10-18-23-24-19(27-18)28-11-17(25)22-15-5-3-2-4-13(15)9-21/h2-8H,10-11H2,1H3,(H,22,25). The molecule has 142 valence electrons. The lowest BCUT2D eigenvalue weighted by Gasteiger charge is -2.06. The molecule has 0 aliphatic heterocycles. The van der Waals surface area contributed by atoms with Gasteiger partial charge in [-0.1, -0.05) is 35.5 Å². The van der Waals surface area contributed by atoms with Crippen LogP contribution in [0.25, 0.3) is 0 Å². The molecule has 0 bridgehead atoms. The molecule has 3 rings (SSSR count). The zero-order chi connectivity index (χ0) is 19.9. The first kappa shape index (κ1) is 19.7. The van der Waals surface area contributed by atoms with Gasteiger partial charge in [0.1, 0.15) is 11.8 Å². The topological polar surface area (TPSA) is 101 Å². The lowest BCUT2D eigenvalue weighted by Crippen LogP contribution is -2.14. The highest BCUT2D eigenvalue weighted by atomic mass is 35.5. The van der Waals surface area contributed by atoms with Gasteiger partial charge in [0, 0.05) is 5.02 Å². The number of carbonyl (C=O) groups excluding carboxylic acids is 1. The predicted molar refractivity (Wildman–Crippen MR) is 105 cm³/mol. The highest BCUT2D eigenvalue weighted by Crippen LogP contribution is 2.23. The molecule has 0 saturated heterocycles. The van der Waals surface area contributed by atoms with Crippen LogP contribution in [0.15, 0.2) is 52.1 Å². The average Bonchev–Trinajstić information content (AvgIpc) is 3.14. The Kier molecular flexibility index (Phi) is 6.53. The largest absolute Gasteiger partial charge is 0.484 e. The molecule has 0 atom stereocenters. The van der Waals surface area contributed by atoms with Crippen molar-refractivity contribution in [3.63, 3.8) is 0 Å². The summed E-state index contributed by atoms with van der Waals surface area (Å²) in [6.07, 6.45) is 0. The van der Waals surface area contributed by atoms with Crippen LogP contribution in [-0.2, 0) is 11.4 Å². The van der Waals surface area contributed by atoms with Crippen LogP contribution in [0.5, 0.6) is 5.75 Å². The monoisotopic (exact) mass is 414 g/mol. The summed E-state index contributed by atoms with van der Waals surface area (Å²) in [4.78, 5) is 12.1. The van der Waals surface area contributed by atoms with E-state index in [1.807, 2.05) is 13.0 Å². The first-order chi connectivity index (χ1) is 13.5. The van der Waals surface area contributed by atoms with E-state index in [0.717, 1.165) is 17.3 Å². The van der Waals surface area contributed by atoms with Crippen molar-refractivity contribution >= 4 is 35.0 Å². The molecule has 0 spiro atoms. The second-order valence-corrected chi connectivity index (χ2v) is 7.02. The van der Waals surface area contributed by atoms with Crippen molar-refractivity contribution in [2.24, 2.45) is 0 Å². The molecule has 0 fully saturated rings. The number of halogens is 1. The third-order valence-corrected chi connectivity index (χ3v) is 4.64. The molecular weight excluding hydrogens is 400 g/mol. The maximum atomic E-state index is 12.1. The number of rotatable bonds is 7. The van der Waals surface area contributed by atoms with Gasteiger partial charge in [0.25, 0.3) is 11.1 Å². The van der Waals surface area contributed by atoms with Gasteiger partial charge >= 0.3 is 0 Å². The zero-order valence-electron chi connectivity index (χ0n) is 14.8. The Morgan fingerprint density at radius 2 is 2.14 bits per heavy atom. The first-order valence-corrected chi connectivity index (χ1v) is 9.54. The van der Waals surface area contributed by atoms with E-state index in [4.69, 9.17) is 26.0 Å². The fourth-order valence-electron chi connectivity index (χ4n) is 2.27. The minimum Gasteiger partial charge on any atom is -0.484 e. The van der Waals surface area contributed by atoms with Crippen molar-refractivity contribution in [3.05, 3.63) is 64.5 Å². The number of thioether (sulfide) groups is 1. The number of carbonyl (C=O) groups is 1. The average molecular weight is 415 g/mol. The van der Waals surface area contributed by atoms with Crippen LogP contribution < -0.4 is 10.1 Å². The number of nitrogens with zero attached hydrogens (tertiary/aromatic N) is 3. The Morgan fingerprint density at radius 3 is 2.93 bits per heavy atom. The van der Waals surface area contributed by atoms with Crippen LogP contribution in [0.3, 0.4) is 0 Å². The molecule has 1 heterocycles. The number of nitrogens with one attached hydrogen (secondary N) is 1. The van der Waals surface area contributed by atoms with Gasteiger partial charge in [-0.05, 0) is 42.8 Å². The van der Waals surface area contributed by atoms with Crippen LogP contribution in [-0.4, -0.2) is 21.9 Å². The van der Waals surface area contributed by atoms with E-state index in [0.29, 0.717) is 27.9 Å². The van der Waals surface area contributed by atoms with Crippen molar-refractivity contribution in [1.29, 1.82) is 5.26 Å². The summed E-state index contributed by atoms with van der Waals surface area (Å²) in [6, 6.07) is 14.1. The molecule has 3 aromatic rings. The van der Waals surface area contributed by atoms with E-state index in [2.05, 4.69) is 15.5 Å². The van der Waals surface area contributed by atoms with Crippen molar-refractivity contribution in [1.82, 2.24) is 10.2 Å². The maximum absolute atomic E-state index is 12.1. The summed E-state index contributed by atoms with van der Waals surface area (Å²) in [6.45, 7) is 2.00. The fraction of sp³-hybridized carbons (Fsp3) is 0.158. The Morgan fingerprint density at radius 1 is 1.32 bits per heavy atom. The Balaban J connectivity index is 1.50. The van der Waals surface area contributed by atoms with Gasteiger partial charge in [0.2, 0.25) is 5.91 Å². The SMILES string of the molecule is Cc1cc(Cl)ccc1OCc1nnc(SCC(=O)Nc2ccccc2C#N)o1. The molecule has 0 radical (unpaired) electrons. The fourth-order valence-corrected chi connectivity index (χ4v) is 3.08. The number of hydrogen-bond donors (Lipinski definition) is 1. The molecule has 0 saturated carbocycles. The molecule has 2 aromatic carbocycles. The Hall–Kier alpha value is -3.02.